The van der Waals surface area contributed by atoms with Crippen molar-refractivity contribution in [2.24, 2.45) is 0 Å². The summed E-state index contributed by atoms with van der Waals surface area (Å²) in [6.45, 7) is 0. The van der Waals surface area contributed by atoms with Crippen LogP contribution in [-0.2, 0) is 6.42 Å². The molecule has 116 valence electrons. The van der Waals surface area contributed by atoms with E-state index in [9.17, 15) is 22.4 Å². The van der Waals surface area contributed by atoms with Crippen LogP contribution in [0.15, 0.2) is 24.3 Å². The highest BCUT2D eigenvalue weighted by Gasteiger charge is 2.29. The van der Waals surface area contributed by atoms with Crippen molar-refractivity contribution in [3.63, 3.8) is 0 Å². The van der Waals surface area contributed by atoms with Crippen molar-refractivity contribution in [1.82, 2.24) is 0 Å². The predicted octanol–water partition coefficient (Wildman–Crippen LogP) is 3.54. The van der Waals surface area contributed by atoms with Crippen LogP contribution in [0.5, 0.6) is 5.75 Å². The molecule has 0 amide bonds. The van der Waals surface area contributed by atoms with Crippen LogP contribution in [0.2, 0.25) is 0 Å². The zero-order valence-corrected chi connectivity index (χ0v) is 11.3. The average Bonchev–Trinajstić information content (AvgIpc) is 2.50. The minimum absolute atomic E-state index is 0.281. The van der Waals surface area contributed by atoms with Gasteiger partial charge in [0, 0.05) is 12.0 Å². The van der Waals surface area contributed by atoms with E-state index in [-0.39, 0.29) is 5.75 Å². The number of aromatic carboxylic acids is 1. The van der Waals surface area contributed by atoms with Gasteiger partial charge in [0.2, 0.25) is 0 Å². The Bertz CT molecular complexity index is 744. The molecule has 0 aliphatic rings. The fraction of sp³-hybridized carbons (Fsp3) is 0.133. The molecular formula is C15H10F4O3. The second-order valence-corrected chi connectivity index (χ2v) is 4.40. The van der Waals surface area contributed by atoms with Gasteiger partial charge in [0.1, 0.15) is 11.3 Å². The zero-order valence-electron chi connectivity index (χ0n) is 11.3. The SMILES string of the molecule is COc1ccccc1Cc1c(F)c(F)c(F)c(F)c1C(=O)O. The summed E-state index contributed by atoms with van der Waals surface area (Å²) in [5, 5.41) is 8.96. The largest absolute Gasteiger partial charge is 0.496 e. The van der Waals surface area contributed by atoms with Gasteiger partial charge in [-0.3, -0.25) is 0 Å². The second-order valence-electron chi connectivity index (χ2n) is 4.40. The van der Waals surface area contributed by atoms with Crippen molar-refractivity contribution in [2.45, 2.75) is 6.42 Å². The van der Waals surface area contributed by atoms with Gasteiger partial charge in [0.05, 0.1) is 7.11 Å². The number of hydrogen-bond donors (Lipinski definition) is 1. The Kier molecular flexibility index (Phi) is 4.35. The topological polar surface area (TPSA) is 46.5 Å². The van der Waals surface area contributed by atoms with Crippen LogP contribution in [-0.4, -0.2) is 18.2 Å². The molecule has 22 heavy (non-hydrogen) atoms. The third-order valence-corrected chi connectivity index (χ3v) is 3.14. The number of hydrogen-bond acceptors (Lipinski definition) is 2. The Morgan fingerprint density at radius 2 is 1.64 bits per heavy atom. The van der Waals surface area contributed by atoms with Gasteiger partial charge in [0.25, 0.3) is 0 Å². The maximum atomic E-state index is 13.9. The maximum Gasteiger partial charge on any atom is 0.339 e. The van der Waals surface area contributed by atoms with Gasteiger partial charge in [-0.15, -0.1) is 0 Å². The fourth-order valence-corrected chi connectivity index (χ4v) is 2.11. The molecule has 3 nitrogen and oxygen atoms in total. The van der Waals surface area contributed by atoms with E-state index in [2.05, 4.69) is 0 Å². The van der Waals surface area contributed by atoms with E-state index in [0.29, 0.717) is 5.56 Å². The van der Waals surface area contributed by atoms with E-state index >= 15 is 0 Å². The lowest BCUT2D eigenvalue weighted by Crippen LogP contribution is -2.14. The molecule has 0 unspecified atom stereocenters. The summed E-state index contributed by atoms with van der Waals surface area (Å²) >= 11 is 0. The summed E-state index contributed by atoms with van der Waals surface area (Å²) < 4.78 is 59.1. The number of ether oxygens (including phenoxy) is 1. The number of benzene rings is 2. The van der Waals surface area contributed by atoms with Crippen LogP contribution in [0.3, 0.4) is 0 Å². The van der Waals surface area contributed by atoms with E-state index < -0.39 is 46.8 Å². The highest BCUT2D eigenvalue weighted by molar-refractivity contribution is 5.90. The molecule has 2 aromatic carbocycles. The molecular weight excluding hydrogens is 304 g/mol. The minimum Gasteiger partial charge on any atom is -0.496 e. The molecule has 0 atom stereocenters. The van der Waals surface area contributed by atoms with Crippen molar-refractivity contribution in [1.29, 1.82) is 0 Å². The highest BCUT2D eigenvalue weighted by Crippen LogP contribution is 2.29. The van der Waals surface area contributed by atoms with E-state index in [4.69, 9.17) is 9.84 Å². The van der Waals surface area contributed by atoms with Crippen molar-refractivity contribution in [2.75, 3.05) is 7.11 Å². The third kappa shape index (κ3) is 2.61. The summed E-state index contributed by atoms with van der Waals surface area (Å²) in [5.41, 5.74) is -1.72. The van der Waals surface area contributed by atoms with Gasteiger partial charge in [-0.1, -0.05) is 18.2 Å². The zero-order chi connectivity index (χ0) is 16.4. The lowest BCUT2D eigenvalue weighted by Gasteiger charge is -2.13. The molecule has 0 fully saturated rings. The quantitative estimate of drug-likeness (QED) is 0.533. The van der Waals surface area contributed by atoms with Crippen molar-refractivity contribution < 1.29 is 32.2 Å². The Morgan fingerprint density at radius 1 is 1.05 bits per heavy atom. The Morgan fingerprint density at radius 3 is 2.23 bits per heavy atom. The summed E-state index contributed by atoms with van der Waals surface area (Å²) in [6.07, 6.45) is -0.467. The van der Waals surface area contributed by atoms with Crippen LogP contribution >= 0.6 is 0 Å². The lowest BCUT2D eigenvalue weighted by atomic mass is 9.97. The van der Waals surface area contributed by atoms with Crippen molar-refractivity contribution in [3.05, 3.63) is 64.2 Å². The number of halogens is 4. The van der Waals surface area contributed by atoms with Crippen molar-refractivity contribution >= 4 is 5.97 Å². The molecule has 0 radical (unpaired) electrons. The molecule has 2 rings (SSSR count). The Labute approximate surface area is 122 Å². The molecule has 0 heterocycles. The number of methoxy groups -OCH3 is 1. The number of para-hydroxylation sites is 1. The molecule has 0 aromatic heterocycles. The predicted molar refractivity (Wildman–Crippen MR) is 69.0 cm³/mol. The first-order valence-corrected chi connectivity index (χ1v) is 6.08. The first-order valence-electron chi connectivity index (χ1n) is 6.08. The van der Waals surface area contributed by atoms with Gasteiger partial charge in [0.15, 0.2) is 23.3 Å². The molecule has 7 heteroatoms. The number of carbonyl (C=O) groups is 1. The third-order valence-electron chi connectivity index (χ3n) is 3.14. The van der Waals surface area contributed by atoms with Crippen LogP contribution in [0.25, 0.3) is 0 Å². The van der Waals surface area contributed by atoms with Crippen molar-refractivity contribution in [3.8, 4) is 5.75 Å². The molecule has 1 N–H and O–H groups in total. The molecule has 0 saturated carbocycles. The normalized spacial score (nSPS) is 10.6. The number of rotatable bonds is 4. The Balaban J connectivity index is 2.67. The summed E-state index contributed by atoms with van der Waals surface area (Å²) in [4.78, 5) is 11.1. The van der Waals surface area contributed by atoms with Gasteiger partial charge in [-0.25, -0.2) is 22.4 Å². The molecule has 0 aliphatic heterocycles. The summed E-state index contributed by atoms with van der Waals surface area (Å²) in [5.74, 6) is -9.48. The van der Waals surface area contributed by atoms with Gasteiger partial charge in [-0.2, -0.15) is 0 Å². The van der Waals surface area contributed by atoms with E-state index in [1.807, 2.05) is 0 Å². The first kappa shape index (κ1) is 15.8. The smallest absolute Gasteiger partial charge is 0.339 e. The van der Waals surface area contributed by atoms with Crippen LogP contribution < -0.4 is 4.74 Å². The van der Waals surface area contributed by atoms with E-state index in [1.165, 1.54) is 19.2 Å². The molecule has 0 aliphatic carbocycles. The van der Waals surface area contributed by atoms with Gasteiger partial charge >= 0.3 is 5.97 Å². The number of carboxylic acid groups (broad SMARTS) is 1. The second kappa shape index (κ2) is 6.05. The van der Waals surface area contributed by atoms with Crippen LogP contribution in [0.1, 0.15) is 21.5 Å². The van der Waals surface area contributed by atoms with Gasteiger partial charge in [-0.05, 0) is 11.6 Å². The molecule has 0 spiro atoms. The van der Waals surface area contributed by atoms with Gasteiger partial charge < -0.3 is 9.84 Å². The minimum atomic E-state index is -2.15. The Hall–Kier alpha value is -2.57. The average molecular weight is 314 g/mol. The standard InChI is InChI=1S/C15H10F4O3/c1-22-9-5-3-2-4-7(9)6-8-10(15(20)21)12(17)14(19)13(18)11(8)16/h2-5H,6H2,1H3,(H,20,21). The first-order chi connectivity index (χ1) is 10.4. The molecule has 0 saturated heterocycles. The highest BCUT2D eigenvalue weighted by atomic mass is 19.2. The van der Waals surface area contributed by atoms with E-state index in [1.54, 1.807) is 12.1 Å². The maximum absolute atomic E-state index is 13.9. The molecule has 0 bridgehead atoms. The lowest BCUT2D eigenvalue weighted by molar-refractivity contribution is 0.0688. The van der Waals surface area contributed by atoms with Crippen LogP contribution in [0.4, 0.5) is 17.6 Å². The van der Waals surface area contributed by atoms with E-state index in [0.717, 1.165) is 0 Å². The van der Waals surface area contributed by atoms with Crippen LogP contribution in [0, 0.1) is 23.3 Å². The fourth-order valence-electron chi connectivity index (χ4n) is 2.11. The number of carboxylic acids is 1. The monoisotopic (exact) mass is 314 g/mol. The summed E-state index contributed by atoms with van der Waals surface area (Å²) in [7, 11) is 1.33. The molecule has 2 aromatic rings. The summed E-state index contributed by atoms with van der Waals surface area (Å²) in [6, 6.07) is 6.17.